The Morgan fingerprint density at radius 1 is 1.04 bits per heavy atom. The minimum atomic E-state index is 0.526. The predicted molar refractivity (Wildman–Crippen MR) is 99.7 cm³/mol. The van der Waals surface area contributed by atoms with Crippen LogP contribution in [0.1, 0.15) is 18.4 Å². The smallest absolute Gasteiger partial charge is 0.108 e. The molecule has 0 atom stereocenters. The molecular weight excluding hydrogens is 298 g/mol. The number of anilines is 1. The number of benzene rings is 2. The van der Waals surface area contributed by atoms with E-state index in [1.807, 2.05) is 18.2 Å². The molecule has 1 N–H and O–H groups in total. The number of piperidine rings is 1. The minimum Gasteiger partial charge on any atom is -0.385 e. The van der Waals surface area contributed by atoms with Gasteiger partial charge in [-0.25, -0.2) is 0 Å². The van der Waals surface area contributed by atoms with E-state index in [0.29, 0.717) is 5.69 Å². The normalized spacial score (nSPS) is 16.0. The van der Waals surface area contributed by atoms with Crippen molar-refractivity contribution in [1.82, 2.24) is 4.90 Å². The Bertz CT molecular complexity index is 636. The van der Waals surface area contributed by atoms with Crippen molar-refractivity contribution in [2.75, 3.05) is 31.5 Å². The van der Waals surface area contributed by atoms with Gasteiger partial charge in [-0.2, -0.15) is 0 Å². The molecule has 0 bridgehead atoms. The molecule has 126 valence electrons. The van der Waals surface area contributed by atoms with Crippen LogP contribution in [0.4, 0.5) is 11.4 Å². The number of nitrogens with zero attached hydrogens (tertiary/aromatic N) is 2. The SMILES string of the molecule is O=Nc1cccc(CCN2CCC(CNc3ccccc3)CC2)c1. The van der Waals surface area contributed by atoms with Crippen LogP contribution in [0.5, 0.6) is 0 Å². The maximum atomic E-state index is 10.6. The van der Waals surface area contributed by atoms with Crippen LogP contribution in [0.3, 0.4) is 0 Å². The average molecular weight is 323 g/mol. The highest BCUT2D eigenvalue weighted by Crippen LogP contribution is 2.19. The monoisotopic (exact) mass is 323 g/mol. The number of hydrogen-bond acceptors (Lipinski definition) is 4. The maximum Gasteiger partial charge on any atom is 0.108 e. The Morgan fingerprint density at radius 2 is 1.83 bits per heavy atom. The second kappa shape index (κ2) is 8.60. The fourth-order valence-electron chi connectivity index (χ4n) is 3.29. The van der Waals surface area contributed by atoms with Gasteiger partial charge in [0, 0.05) is 18.8 Å². The topological polar surface area (TPSA) is 44.7 Å². The van der Waals surface area contributed by atoms with Crippen LogP contribution in [-0.2, 0) is 6.42 Å². The highest BCUT2D eigenvalue weighted by molar-refractivity contribution is 5.42. The summed E-state index contributed by atoms with van der Waals surface area (Å²) in [5, 5.41) is 6.55. The predicted octanol–water partition coefficient (Wildman–Crippen LogP) is 4.45. The third-order valence-corrected chi connectivity index (χ3v) is 4.81. The van der Waals surface area contributed by atoms with Crippen LogP contribution in [-0.4, -0.2) is 31.1 Å². The van der Waals surface area contributed by atoms with Crippen molar-refractivity contribution in [2.45, 2.75) is 19.3 Å². The van der Waals surface area contributed by atoms with Crippen LogP contribution in [0.15, 0.2) is 59.8 Å². The van der Waals surface area contributed by atoms with E-state index >= 15 is 0 Å². The first-order valence-electron chi connectivity index (χ1n) is 8.77. The van der Waals surface area contributed by atoms with Gasteiger partial charge in [-0.3, -0.25) is 0 Å². The van der Waals surface area contributed by atoms with Gasteiger partial charge < -0.3 is 10.2 Å². The third kappa shape index (κ3) is 4.90. The van der Waals surface area contributed by atoms with Crippen LogP contribution in [0, 0.1) is 10.8 Å². The first kappa shape index (κ1) is 16.7. The van der Waals surface area contributed by atoms with E-state index in [0.717, 1.165) is 38.5 Å². The van der Waals surface area contributed by atoms with Gasteiger partial charge in [0.05, 0.1) is 0 Å². The summed E-state index contributed by atoms with van der Waals surface area (Å²) in [5.41, 5.74) is 2.93. The Hall–Kier alpha value is -2.20. The molecule has 1 fully saturated rings. The lowest BCUT2D eigenvalue weighted by molar-refractivity contribution is 0.191. The quantitative estimate of drug-likeness (QED) is 0.766. The highest BCUT2D eigenvalue weighted by atomic mass is 16.3. The molecule has 0 unspecified atom stereocenters. The molecule has 3 rings (SSSR count). The first-order chi connectivity index (χ1) is 11.8. The van der Waals surface area contributed by atoms with E-state index in [4.69, 9.17) is 0 Å². The summed E-state index contributed by atoms with van der Waals surface area (Å²) in [6.07, 6.45) is 3.47. The Morgan fingerprint density at radius 3 is 2.58 bits per heavy atom. The Labute approximate surface area is 143 Å². The number of nitrogens with one attached hydrogen (secondary N) is 1. The summed E-state index contributed by atoms with van der Waals surface area (Å²) in [7, 11) is 0. The second-order valence-electron chi connectivity index (χ2n) is 6.54. The molecule has 0 aromatic heterocycles. The molecule has 4 heteroatoms. The van der Waals surface area contributed by atoms with Crippen molar-refractivity contribution < 1.29 is 0 Å². The number of para-hydroxylation sites is 1. The van der Waals surface area contributed by atoms with Crippen molar-refractivity contribution in [3.05, 3.63) is 65.1 Å². The summed E-state index contributed by atoms with van der Waals surface area (Å²) in [5.74, 6) is 0.754. The van der Waals surface area contributed by atoms with Crippen LogP contribution in [0.25, 0.3) is 0 Å². The molecule has 1 saturated heterocycles. The summed E-state index contributed by atoms with van der Waals surface area (Å²) in [6, 6.07) is 18.1. The van der Waals surface area contributed by atoms with Crippen molar-refractivity contribution in [3.8, 4) is 0 Å². The lowest BCUT2D eigenvalue weighted by Gasteiger charge is -2.32. The molecule has 4 nitrogen and oxygen atoms in total. The second-order valence-corrected chi connectivity index (χ2v) is 6.54. The van der Waals surface area contributed by atoms with Crippen LogP contribution in [0.2, 0.25) is 0 Å². The zero-order valence-corrected chi connectivity index (χ0v) is 14.0. The number of rotatable bonds is 7. The molecule has 2 aromatic carbocycles. The van der Waals surface area contributed by atoms with Crippen LogP contribution < -0.4 is 5.32 Å². The Kier molecular flexibility index (Phi) is 5.96. The zero-order chi connectivity index (χ0) is 16.6. The van der Waals surface area contributed by atoms with E-state index in [1.165, 1.54) is 24.1 Å². The molecule has 0 radical (unpaired) electrons. The molecule has 0 amide bonds. The van der Waals surface area contributed by atoms with E-state index in [-0.39, 0.29) is 0 Å². The fourth-order valence-corrected chi connectivity index (χ4v) is 3.29. The summed E-state index contributed by atoms with van der Waals surface area (Å²) >= 11 is 0. The van der Waals surface area contributed by atoms with Gasteiger partial charge >= 0.3 is 0 Å². The molecule has 0 saturated carbocycles. The molecule has 2 aromatic rings. The van der Waals surface area contributed by atoms with Crippen molar-refractivity contribution in [3.63, 3.8) is 0 Å². The molecule has 1 aliphatic heterocycles. The summed E-state index contributed by atoms with van der Waals surface area (Å²) in [6.45, 7) is 4.44. The summed E-state index contributed by atoms with van der Waals surface area (Å²) in [4.78, 5) is 13.1. The molecule has 1 aliphatic rings. The molecule has 1 heterocycles. The van der Waals surface area contributed by atoms with Gasteiger partial charge in [0.15, 0.2) is 0 Å². The van der Waals surface area contributed by atoms with Gasteiger partial charge in [-0.1, -0.05) is 30.3 Å². The lowest BCUT2D eigenvalue weighted by Crippen LogP contribution is -2.37. The number of nitroso groups, excluding NO2 is 1. The van der Waals surface area contributed by atoms with Gasteiger partial charge in [0.2, 0.25) is 0 Å². The van der Waals surface area contributed by atoms with Gasteiger partial charge in [0.25, 0.3) is 0 Å². The van der Waals surface area contributed by atoms with E-state index in [1.54, 1.807) is 6.07 Å². The van der Waals surface area contributed by atoms with Crippen molar-refractivity contribution in [2.24, 2.45) is 11.1 Å². The van der Waals surface area contributed by atoms with Crippen molar-refractivity contribution >= 4 is 11.4 Å². The van der Waals surface area contributed by atoms with Gasteiger partial charge in [-0.05, 0) is 73.3 Å². The van der Waals surface area contributed by atoms with Crippen LogP contribution >= 0.6 is 0 Å². The Balaban J connectivity index is 1.38. The number of hydrogen-bond donors (Lipinski definition) is 1. The maximum absolute atomic E-state index is 10.6. The van der Waals surface area contributed by atoms with Crippen molar-refractivity contribution in [1.29, 1.82) is 0 Å². The van der Waals surface area contributed by atoms with Gasteiger partial charge in [0.1, 0.15) is 5.69 Å². The van der Waals surface area contributed by atoms with E-state index in [2.05, 4.69) is 45.7 Å². The minimum absolute atomic E-state index is 0.526. The zero-order valence-electron chi connectivity index (χ0n) is 14.0. The van der Waals surface area contributed by atoms with E-state index < -0.39 is 0 Å². The molecule has 0 aliphatic carbocycles. The highest BCUT2D eigenvalue weighted by Gasteiger charge is 2.18. The molecule has 24 heavy (non-hydrogen) atoms. The first-order valence-corrected chi connectivity index (χ1v) is 8.77. The van der Waals surface area contributed by atoms with E-state index in [9.17, 15) is 4.91 Å². The fraction of sp³-hybridized carbons (Fsp3) is 0.400. The lowest BCUT2D eigenvalue weighted by atomic mass is 9.96. The molecule has 0 spiro atoms. The van der Waals surface area contributed by atoms with Gasteiger partial charge in [-0.15, -0.1) is 4.91 Å². The number of likely N-dealkylation sites (tertiary alicyclic amines) is 1. The summed E-state index contributed by atoms with van der Waals surface area (Å²) < 4.78 is 0. The largest absolute Gasteiger partial charge is 0.385 e. The average Bonchev–Trinajstić information content (AvgIpc) is 2.66. The molecular formula is C20H25N3O. The standard InChI is InChI=1S/C20H25N3O/c24-22-20-8-4-5-17(15-20)9-12-23-13-10-18(11-14-23)16-21-19-6-2-1-3-7-19/h1-8,15,18,21H,9-14,16H2. The third-order valence-electron chi connectivity index (χ3n) is 4.81.